The van der Waals surface area contributed by atoms with E-state index in [1.54, 1.807) is 0 Å². The Hall–Kier alpha value is -0.300. The van der Waals surface area contributed by atoms with Gasteiger partial charge in [0.05, 0.1) is 0 Å². The second-order valence-electron chi connectivity index (χ2n) is 4.21. The lowest BCUT2D eigenvalue weighted by atomic mass is 9.82. The fraction of sp³-hybridized carbons (Fsp3) is 0.818. The third-order valence-electron chi connectivity index (χ3n) is 3.33. The van der Waals surface area contributed by atoms with E-state index in [4.69, 9.17) is 0 Å². The molecule has 0 aromatic heterocycles. The van der Waals surface area contributed by atoms with Crippen molar-refractivity contribution in [3.8, 4) is 0 Å². The first-order valence-electron chi connectivity index (χ1n) is 5.31. The van der Waals surface area contributed by atoms with Crippen molar-refractivity contribution in [2.24, 2.45) is 0 Å². The lowest BCUT2D eigenvalue weighted by Gasteiger charge is -2.38. The van der Waals surface area contributed by atoms with Gasteiger partial charge in [0.1, 0.15) is 0 Å². The zero-order valence-corrected chi connectivity index (χ0v) is 7.81. The summed E-state index contributed by atoms with van der Waals surface area (Å²) < 4.78 is 0. The Bertz CT molecular complexity index is 154. The van der Waals surface area contributed by atoms with Crippen molar-refractivity contribution < 1.29 is 0 Å². The van der Waals surface area contributed by atoms with Crippen LogP contribution in [0.15, 0.2) is 12.2 Å². The molecular weight excluding hydrogens is 146 g/mol. The average Bonchev–Trinajstić information content (AvgIpc) is 2.33. The second kappa shape index (κ2) is 3.61. The Balaban J connectivity index is 1.98. The first-order chi connectivity index (χ1) is 5.91. The van der Waals surface area contributed by atoms with E-state index >= 15 is 0 Å². The van der Waals surface area contributed by atoms with Crippen molar-refractivity contribution in [2.75, 3.05) is 6.54 Å². The van der Waals surface area contributed by atoms with Gasteiger partial charge >= 0.3 is 0 Å². The number of hydrogen-bond donors (Lipinski definition) is 1. The Labute approximate surface area is 75.2 Å². The van der Waals surface area contributed by atoms with E-state index in [2.05, 4.69) is 17.5 Å². The summed E-state index contributed by atoms with van der Waals surface area (Å²) in [6.07, 6.45) is 14.2. The first-order valence-corrected chi connectivity index (χ1v) is 5.31. The monoisotopic (exact) mass is 165 g/mol. The van der Waals surface area contributed by atoms with Crippen LogP contribution in [-0.4, -0.2) is 12.1 Å². The summed E-state index contributed by atoms with van der Waals surface area (Å²) >= 11 is 0. The molecule has 1 fully saturated rings. The highest BCUT2D eigenvalue weighted by Crippen LogP contribution is 2.31. The van der Waals surface area contributed by atoms with Crippen molar-refractivity contribution in [2.45, 2.75) is 50.5 Å². The SMILES string of the molecule is C1=CCCC2(CC1)CCCCN2. The number of rotatable bonds is 0. The van der Waals surface area contributed by atoms with Gasteiger partial charge in [0.2, 0.25) is 0 Å². The van der Waals surface area contributed by atoms with Gasteiger partial charge < -0.3 is 5.32 Å². The van der Waals surface area contributed by atoms with E-state index in [-0.39, 0.29) is 0 Å². The normalized spacial score (nSPS) is 28.7. The van der Waals surface area contributed by atoms with Crippen molar-refractivity contribution >= 4 is 0 Å². The van der Waals surface area contributed by atoms with Crippen molar-refractivity contribution in [1.82, 2.24) is 5.32 Å². The summed E-state index contributed by atoms with van der Waals surface area (Å²) in [7, 11) is 0. The molecule has 2 rings (SSSR count). The minimum atomic E-state index is 0.530. The van der Waals surface area contributed by atoms with Gasteiger partial charge in [-0.25, -0.2) is 0 Å². The molecule has 1 aliphatic heterocycles. The maximum absolute atomic E-state index is 3.73. The fourth-order valence-electron chi connectivity index (χ4n) is 2.54. The smallest absolute Gasteiger partial charge is 0.0187 e. The Morgan fingerprint density at radius 2 is 1.67 bits per heavy atom. The van der Waals surface area contributed by atoms with Crippen LogP contribution in [0.2, 0.25) is 0 Å². The van der Waals surface area contributed by atoms with Crippen molar-refractivity contribution in [3.05, 3.63) is 12.2 Å². The largest absolute Gasteiger partial charge is 0.311 e. The van der Waals surface area contributed by atoms with Gasteiger partial charge in [0.25, 0.3) is 0 Å². The molecule has 0 atom stereocenters. The number of hydrogen-bond acceptors (Lipinski definition) is 1. The van der Waals surface area contributed by atoms with Crippen LogP contribution in [0.25, 0.3) is 0 Å². The molecule has 0 aromatic rings. The van der Waals surface area contributed by atoms with Crippen LogP contribution in [0.1, 0.15) is 44.9 Å². The zero-order chi connectivity index (χ0) is 8.28. The summed E-state index contributed by atoms with van der Waals surface area (Å²) in [5.74, 6) is 0. The molecule has 0 aromatic carbocycles. The van der Waals surface area contributed by atoms with E-state index in [0.717, 1.165) is 0 Å². The first kappa shape index (κ1) is 8.31. The minimum Gasteiger partial charge on any atom is -0.311 e. The minimum absolute atomic E-state index is 0.530. The maximum Gasteiger partial charge on any atom is 0.0187 e. The van der Waals surface area contributed by atoms with Crippen LogP contribution in [0.5, 0.6) is 0 Å². The summed E-state index contributed by atoms with van der Waals surface area (Å²) in [6.45, 7) is 1.25. The van der Waals surface area contributed by atoms with Gasteiger partial charge in [-0.15, -0.1) is 0 Å². The van der Waals surface area contributed by atoms with Gasteiger partial charge in [-0.1, -0.05) is 18.6 Å². The maximum atomic E-state index is 3.73. The molecule has 0 saturated carbocycles. The summed E-state index contributed by atoms with van der Waals surface area (Å²) in [6, 6.07) is 0. The molecule has 0 radical (unpaired) electrons. The highest BCUT2D eigenvalue weighted by Gasteiger charge is 2.30. The molecule has 0 amide bonds. The van der Waals surface area contributed by atoms with E-state index in [1.165, 1.54) is 51.5 Å². The van der Waals surface area contributed by atoms with E-state index in [9.17, 15) is 0 Å². The van der Waals surface area contributed by atoms with Crippen LogP contribution in [-0.2, 0) is 0 Å². The van der Waals surface area contributed by atoms with E-state index < -0.39 is 0 Å². The van der Waals surface area contributed by atoms with Gasteiger partial charge in [0.15, 0.2) is 0 Å². The molecule has 1 heteroatoms. The highest BCUT2D eigenvalue weighted by molar-refractivity contribution is 4.99. The molecule has 1 heterocycles. The average molecular weight is 165 g/mol. The topological polar surface area (TPSA) is 12.0 Å². The predicted octanol–water partition coefficient (Wildman–Crippen LogP) is 2.63. The molecule has 0 bridgehead atoms. The summed E-state index contributed by atoms with van der Waals surface area (Å²) in [5, 5.41) is 3.73. The Kier molecular flexibility index (Phi) is 2.50. The van der Waals surface area contributed by atoms with Crippen LogP contribution >= 0.6 is 0 Å². The van der Waals surface area contributed by atoms with Gasteiger partial charge in [0, 0.05) is 5.54 Å². The summed E-state index contributed by atoms with van der Waals surface area (Å²) in [4.78, 5) is 0. The third kappa shape index (κ3) is 1.71. The van der Waals surface area contributed by atoms with Crippen LogP contribution < -0.4 is 5.32 Å². The van der Waals surface area contributed by atoms with Crippen LogP contribution in [0.3, 0.4) is 0 Å². The molecule has 68 valence electrons. The second-order valence-corrected chi connectivity index (χ2v) is 4.21. The van der Waals surface area contributed by atoms with Gasteiger partial charge in [-0.05, 0) is 45.1 Å². The van der Waals surface area contributed by atoms with E-state index in [1.807, 2.05) is 0 Å². The number of nitrogens with one attached hydrogen (secondary N) is 1. The summed E-state index contributed by atoms with van der Waals surface area (Å²) in [5.41, 5.74) is 0.530. The molecule has 0 unspecified atom stereocenters. The molecular formula is C11H19N. The zero-order valence-electron chi connectivity index (χ0n) is 7.81. The van der Waals surface area contributed by atoms with Gasteiger partial charge in [-0.2, -0.15) is 0 Å². The highest BCUT2D eigenvalue weighted by atomic mass is 15.0. The van der Waals surface area contributed by atoms with E-state index in [0.29, 0.717) is 5.54 Å². The lowest BCUT2D eigenvalue weighted by Crippen LogP contribution is -2.48. The van der Waals surface area contributed by atoms with Crippen molar-refractivity contribution in [3.63, 3.8) is 0 Å². The molecule has 1 saturated heterocycles. The van der Waals surface area contributed by atoms with Crippen molar-refractivity contribution in [1.29, 1.82) is 0 Å². The molecule has 1 spiro atoms. The third-order valence-corrected chi connectivity index (χ3v) is 3.33. The quantitative estimate of drug-likeness (QED) is 0.544. The standard InChI is InChI=1S/C11H19N/c1-2-4-8-11(7-3-1)9-5-6-10-12-11/h1-2,12H,3-10H2. The Morgan fingerprint density at radius 1 is 0.917 bits per heavy atom. The lowest BCUT2D eigenvalue weighted by molar-refractivity contribution is 0.227. The van der Waals surface area contributed by atoms with Crippen LogP contribution in [0.4, 0.5) is 0 Å². The molecule has 12 heavy (non-hydrogen) atoms. The fourth-order valence-corrected chi connectivity index (χ4v) is 2.54. The molecule has 1 N–H and O–H groups in total. The van der Waals surface area contributed by atoms with Gasteiger partial charge in [-0.3, -0.25) is 0 Å². The molecule has 1 nitrogen and oxygen atoms in total. The predicted molar refractivity (Wildman–Crippen MR) is 52.2 cm³/mol. The number of allylic oxidation sites excluding steroid dienone is 2. The molecule has 1 aliphatic carbocycles. The number of piperidine rings is 1. The molecule has 2 aliphatic rings. The Morgan fingerprint density at radius 3 is 2.25 bits per heavy atom. The van der Waals surface area contributed by atoms with Crippen LogP contribution in [0, 0.1) is 0 Å².